The van der Waals surface area contributed by atoms with E-state index in [9.17, 15) is 4.79 Å². The standard InChI is InChI=1S/C15H25NO2/c16-15(8-3-4-9-15)13(17)12-5-10-18-14(11-12)6-1-2-7-14/h12H,1-11,16H2. The maximum Gasteiger partial charge on any atom is 0.155 e. The van der Waals surface area contributed by atoms with Crippen molar-refractivity contribution in [3.05, 3.63) is 0 Å². The van der Waals surface area contributed by atoms with Crippen molar-refractivity contribution in [1.82, 2.24) is 0 Å². The predicted octanol–water partition coefficient (Wildman–Crippen LogP) is 2.57. The van der Waals surface area contributed by atoms with Gasteiger partial charge in [-0.15, -0.1) is 0 Å². The Labute approximate surface area is 109 Å². The Morgan fingerprint density at radius 3 is 2.33 bits per heavy atom. The highest BCUT2D eigenvalue weighted by atomic mass is 16.5. The van der Waals surface area contributed by atoms with Gasteiger partial charge in [0.25, 0.3) is 0 Å². The van der Waals surface area contributed by atoms with Crippen LogP contribution in [0.25, 0.3) is 0 Å². The van der Waals surface area contributed by atoms with E-state index in [-0.39, 0.29) is 11.5 Å². The van der Waals surface area contributed by atoms with E-state index < -0.39 is 5.54 Å². The summed E-state index contributed by atoms with van der Waals surface area (Å²) in [4.78, 5) is 12.7. The second-order valence-electron chi connectivity index (χ2n) is 6.66. The van der Waals surface area contributed by atoms with E-state index >= 15 is 0 Å². The first-order valence-electron chi connectivity index (χ1n) is 7.61. The normalized spacial score (nSPS) is 33.9. The van der Waals surface area contributed by atoms with Gasteiger partial charge in [0.15, 0.2) is 5.78 Å². The number of hydrogen-bond donors (Lipinski definition) is 1. The summed E-state index contributed by atoms with van der Waals surface area (Å²) in [5, 5.41) is 0. The smallest absolute Gasteiger partial charge is 0.155 e. The van der Waals surface area contributed by atoms with Crippen LogP contribution in [0.15, 0.2) is 0 Å². The van der Waals surface area contributed by atoms with Crippen molar-refractivity contribution < 1.29 is 9.53 Å². The number of ether oxygens (including phenoxy) is 1. The lowest BCUT2D eigenvalue weighted by atomic mass is 9.76. The van der Waals surface area contributed by atoms with Crippen LogP contribution in [-0.2, 0) is 9.53 Å². The molecule has 0 aromatic heterocycles. The molecule has 0 radical (unpaired) electrons. The van der Waals surface area contributed by atoms with Crippen molar-refractivity contribution in [2.75, 3.05) is 6.61 Å². The minimum Gasteiger partial charge on any atom is -0.375 e. The predicted molar refractivity (Wildman–Crippen MR) is 70.3 cm³/mol. The number of carbonyl (C=O) groups excluding carboxylic acids is 1. The quantitative estimate of drug-likeness (QED) is 0.820. The zero-order chi connectivity index (χ0) is 12.6. The van der Waals surface area contributed by atoms with Crippen LogP contribution < -0.4 is 5.73 Å². The van der Waals surface area contributed by atoms with Crippen LogP contribution in [0.2, 0.25) is 0 Å². The van der Waals surface area contributed by atoms with Gasteiger partial charge in [-0.05, 0) is 38.5 Å². The monoisotopic (exact) mass is 251 g/mol. The number of ketones is 1. The molecule has 3 aliphatic rings. The highest BCUT2D eigenvalue weighted by Gasteiger charge is 2.47. The Hall–Kier alpha value is -0.410. The van der Waals surface area contributed by atoms with Crippen molar-refractivity contribution in [3.8, 4) is 0 Å². The minimum absolute atomic E-state index is 0.0353. The molecular weight excluding hydrogens is 226 g/mol. The minimum atomic E-state index is -0.498. The molecule has 2 aliphatic carbocycles. The van der Waals surface area contributed by atoms with E-state index in [4.69, 9.17) is 10.5 Å². The van der Waals surface area contributed by atoms with E-state index in [1.54, 1.807) is 0 Å². The fourth-order valence-corrected chi connectivity index (χ4v) is 4.28. The molecule has 0 bridgehead atoms. The fourth-order valence-electron chi connectivity index (χ4n) is 4.28. The van der Waals surface area contributed by atoms with Gasteiger partial charge in [-0.1, -0.05) is 25.7 Å². The molecule has 0 amide bonds. The number of carbonyl (C=O) groups is 1. The molecule has 1 spiro atoms. The average molecular weight is 251 g/mol. The molecule has 0 aromatic carbocycles. The molecule has 2 saturated carbocycles. The maximum absolute atomic E-state index is 12.7. The largest absolute Gasteiger partial charge is 0.375 e. The van der Waals surface area contributed by atoms with Crippen molar-refractivity contribution in [2.45, 2.75) is 75.3 Å². The molecule has 0 aromatic rings. The number of hydrogen-bond acceptors (Lipinski definition) is 3. The Bertz CT molecular complexity index is 327. The summed E-state index contributed by atoms with van der Waals surface area (Å²) < 4.78 is 6.01. The Morgan fingerprint density at radius 2 is 1.67 bits per heavy atom. The molecule has 1 atom stereocenters. The van der Waals surface area contributed by atoms with Crippen molar-refractivity contribution in [1.29, 1.82) is 0 Å². The van der Waals surface area contributed by atoms with Gasteiger partial charge in [-0.3, -0.25) is 4.79 Å². The first kappa shape index (κ1) is 12.6. The SMILES string of the molecule is NC1(C(=O)C2CCOC3(CCCC3)C2)CCCC1. The molecule has 3 rings (SSSR count). The summed E-state index contributed by atoms with van der Waals surface area (Å²) in [7, 11) is 0. The summed E-state index contributed by atoms with van der Waals surface area (Å²) in [5.41, 5.74) is 5.87. The van der Waals surface area contributed by atoms with Crippen LogP contribution in [0.3, 0.4) is 0 Å². The van der Waals surface area contributed by atoms with E-state index in [1.165, 1.54) is 12.8 Å². The number of nitrogens with two attached hydrogens (primary N) is 1. The summed E-state index contributed by atoms with van der Waals surface area (Å²) >= 11 is 0. The molecule has 3 fully saturated rings. The second-order valence-corrected chi connectivity index (χ2v) is 6.66. The van der Waals surface area contributed by atoms with Gasteiger partial charge in [-0.2, -0.15) is 0 Å². The van der Waals surface area contributed by atoms with Crippen LogP contribution in [0.5, 0.6) is 0 Å². The third-order valence-corrected chi connectivity index (χ3v) is 5.37. The average Bonchev–Trinajstić information content (AvgIpc) is 2.99. The van der Waals surface area contributed by atoms with Crippen LogP contribution in [0, 0.1) is 5.92 Å². The highest BCUT2D eigenvalue weighted by molar-refractivity contribution is 5.90. The van der Waals surface area contributed by atoms with Gasteiger partial charge < -0.3 is 10.5 Å². The zero-order valence-corrected chi connectivity index (χ0v) is 11.2. The molecule has 2 N–H and O–H groups in total. The third-order valence-electron chi connectivity index (χ3n) is 5.37. The lowest BCUT2D eigenvalue weighted by Crippen LogP contribution is -2.51. The fraction of sp³-hybridized carbons (Fsp3) is 0.933. The lowest BCUT2D eigenvalue weighted by molar-refractivity contribution is -0.141. The van der Waals surface area contributed by atoms with Gasteiger partial charge in [-0.25, -0.2) is 0 Å². The van der Waals surface area contributed by atoms with E-state index in [2.05, 4.69) is 0 Å². The molecule has 1 aliphatic heterocycles. The molecular formula is C15H25NO2. The molecule has 1 heterocycles. The molecule has 1 saturated heterocycles. The van der Waals surface area contributed by atoms with Gasteiger partial charge in [0.05, 0.1) is 11.1 Å². The Morgan fingerprint density at radius 1 is 1.06 bits per heavy atom. The summed E-state index contributed by atoms with van der Waals surface area (Å²) in [6, 6.07) is 0. The molecule has 102 valence electrons. The summed E-state index contributed by atoms with van der Waals surface area (Å²) in [6.45, 7) is 0.756. The van der Waals surface area contributed by atoms with Crippen LogP contribution in [0.4, 0.5) is 0 Å². The maximum atomic E-state index is 12.7. The topological polar surface area (TPSA) is 52.3 Å². The first-order valence-corrected chi connectivity index (χ1v) is 7.61. The second kappa shape index (κ2) is 4.61. The van der Waals surface area contributed by atoms with Crippen molar-refractivity contribution in [3.63, 3.8) is 0 Å². The zero-order valence-electron chi connectivity index (χ0n) is 11.2. The Balaban J connectivity index is 1.70. The van der Waals surface area contributed by atoms with Crippen LogP contribution in [-0.4, -0.2) is 23.5 Å². The van der Waals surface area contributed by atoms with Crippen LogP contribution in [0.1, 0.15) is 64.2 Å². The first-order chi connectivity index (χ1) is 8.64. The van der Waals surface area contributed by atoms with Gasteiger partial charge in [0, 0.05) is 12.5 Å². The van der Waals surface area contributed by atoms with Gasteiger partial charge in [0.2, 0.25) is 0 Å². The highest BCUT2D eigenvalue weighted by Crippen LogP contribution is 2.44. The van der Waals surface area contributed by atoms with Crippen LogP contribution >= 0.6 is 0 Å². The van der Waals surface area contributed by atoms with Crippen molar-refractivity contribution in [2.24, 2.45) is 11.7 Å². The summed E-state index contributed by atoms with van der Waals surface area (Å²) in [5.74, 6) is 0.509. The van der Waals surface area contributed by atoms with Gasteiger partial charge >= 0.3 is 0 Å². The molecule has 3 heteroatoms. The van der Waals surface area contributed by atoms with Gasteiger partial charge in [0.1, 0.15) is 0 Å². The Kier molecular flexibility index (Phi) is 3.23. The van der Waals surface area contributed by atoms with E-state index in [1.807, 2.05) is 0 Å². The third kappa shape index (κ3) is 2.12. The van der Waals surface area contributed by atoms with E-state index in [0.29, 0.717) is 5.78 Å². The van der Waals surface area contributed by atoms with E-state index in [0.717, 1.165) is 58.0 Å². The number of Topliss-reactive ketones (excluding diaryl/α,β-unsaturated/α-hetero) is 1. The molecule has 3 nitrogen and oxygen atoms in total. The molecule has 1 unspecified atom stereocenters. The summed E-state index contributed by atoms with van der Waals surface area (Å²) in [6.07, 6.45) is 10.7. The number of rotatable bonds is 2. The lowest BCUT2D eigenvalue weighted by Gasteiger charge is -2.40. The molecule has 18 heavy (non-hydrogen) atoms. The van der Waals surface area contributed by atoms with Crippen molar-refractivity contribution >= 4 is 5.78 Å².